The normalized spacial score (nSPS) is 18.6. The maximum Gasteiger partial charge on any atom is 0.0700 e. The van der Waals surface area contributed by atoms with E-state index in [0.717, 1.165) is 39.5 Å². The van der Waals surface area contributed by atoms with E-state index in [1.54, 1.807) is 7.11 Å². The van der Waals surface area contributed by atoms with Gasteiger partial charge in [0.15, 0.2) is 0 Å². The van der Waals surface area contributed by atoms with E-state index in [1.165, 1.54) is 0 Å². The molecule has 1 rings (SSSR count). The number of hydrazine groups is 1. The second kappa shape index (κ2) is 8.14. The number of methoxy groups -OCH3 is 1. The summed E-state index contributed by atoms with van der Waals surface area (Å²) in [6.07, 6.45) is 0. The molecule has 14 heavy (non-hydrogen) atoms. The molecular weight excluding hydrogens is 184 g/mol. The number of rotatable bonds is 7. The third kappa shape index (κ3) is 5.51. The van der Waals surface area contributed by atoms with Gasteiger partial charge in [0.05, 0.1) is 33.0 Å². The lowest BCUT2D eigenvalue weighted by Crippen LogP contribution is -2.46. The third-order valence-corrected chi connectivity index (χ3v) is 2.02. The molecule has 5 nitrogen and oxygen atoms in total. The van der Waals surface area contributed by atoms with Crippen molar-refractivity contribution in [3.05, 3.63) is 0 Å². The number of nitrogens with zero attached hydrogens (tertiary/aromatic N) is 1. The molecule has 0 aliphatic carbocycles. The number of hydrogen-bond donors (Lipinski definition) is 1. The second-order valence-corrected chi connectivity index (χ2v) is 3.11. The molecule has 1 aliphatic heterocycles. The van der Waals surface area contributed by atoms with Gasteiger partial charge in [-0.25, -0.2) is 5.01 Å². The quantitative estimate of drug-likeness (QED) is 0.566. The molecule has 0 bridgehead atoms. The van der Waals surface area contributed by atoms with E-state index in [-0.39, 0.29) is 0 Å². The van der Waals surface area contributed by atoms with Crippen LogP contribution >= 0.6 is 0 Å². The Morgan fingerprint density at radius 2 is 2.00 bits per heavy atom. The van der Waals surface area contributed by atoms with Crippen LogP contribution < -0.4 is 5.43 Å². The standard InChI is InChI=1S/C9H20N2O3/c1-12-8-9-13-5-2-10-11-3-6-14-7-4-11/h10H,2-9H2,1H3. The number of nitrogens with one attached hydrogen (secondary N) is 1. The van der Waals surface area contributed by atoms with Gasteiger partial charge in [-0.15, -0.1) is 0 Å². The number of morpholine rings is 1. The summed E-state index contributed by atoms with van der Waals surface area (Å²) in [5.41, 5.74) is 3.29. The van der Waals surface area contributed by atoms with E-state index in [2.05, 4.69) is 10.4 Å². The van der Waals surface area contributed by atoms with E-state index < -0.39 is 0 Å². The van der Waals surface area contributed by atoms with Crippen LogP contribution in [0, 0.1) is 0 Å². The summed E-state index contributed by atoms with van der Waals surface area (Å²) in [7, 11) is 1.68. The fraction of sp³-hybridized carbons (Fsp3) is 1.00. The van der Waals surface area contributed by atoms with Crippen molar-refractivity contribution in [3.63, 3.8) is 0 Å². The lowest BCUT2D eigenvalue weighted by molar-refractivity contribution is 0.00331. The molecular formula is C9H20N2O3. The van der Waals surface area contributed by atoms with Crippen molar-refractivity contribution in [3.8, 4) is 0 Å². The minimum absolute atomic E-state index is 0.664. The van der Waals surface area contributed by atoms with Crippen molar-refractivity contribution in [2.75, 3.05) is 59.8 Å². The Kier molecular flexibility index (Phi) is 6.90. The largest absolute Gasteiger partial charge is 0.382 e. The Morgan fingerprint density at radius 3 is 2.71 bits per heavy atom. The van der Waals surface area contributed by atoms with Crippen LogP contribution in [0.3, 0.4) is 0 Å². The summed E-state index contributed by atoms with van der Waals surface area (Å²) >= 11 is 0. The van der Waals surface area contributed by atoms with Gasteiger partial charge in [0.25, 0.3) is 0 Å². The predicted octanol–water partition coefficient (Wildman–Crippen LogP) is -0.514. The molecule has 0 aromatic rings. The molecule has 0 aromatic carbocycles. The van der Waals surface area contributed by atoms with E-state index in [1.807, 2.05) is 0 Å². The highest BCUT2D eigenvalue weighted by Gasteiger charge is 2.08. The average molecular weight is 204 g/mol. The number of hydrogen-bond acceptors (Lipinski definition) is 5. The Balaban J connectivity index is 1.82. The lowest BCUT2D eigenvalue weighted by atomic mass is 10.5. The summed E-state index contributed by atoms with van der Waals surface area (Å²) in [4.78, 5) is 0. The van der Waals surface area contributed by atoms with Gasteiger partial charge in [-0.1, -0.05) is 0 Å². The van der Waals surface area contributed by atoms with Gasteiger partial charge < -0.3 is 14.2 Å². The molecule has 1 heterocycles. The van der Waals surface area contributed by atoms with Gasteiger partial charge in [0.2, 0.25) is 0 Å². The first-order valence-electron chi connectivity index (χ1n) is 5.06. The molecule has 1 N–H and O–H groups in total. The first-order chi connectivity index (χ1) is 6.93. The minimum atomic E-state index is 0.664. The van der Waals surface area contributed by atoms with Gasteiger partial charge in [0.1, 0.15) is 0 Å². The predicted molar refractivity (Wildman–Crippen MR) is 53.1 cm³/mol. The Labute approximate surface area is 85.3 Å². The van der Waals surface area contributed by atoms with Crippen LogP contribution in [0.25, 0.3) is 0 Å². The van der Waals surface area contributed by atoms with E-state index in [0.29, 0.717) is 13.2 Å². The molecule has 0 aromatic heterocycles. The van der Waals surface area contributed by atoms with Gasteiger partial charge in [-0.05, 0) is 0 Å². The van der Waals surface area contributed by atoms with Gasteiger partial charge >= 0.3 is 0 Å². The highest BCUT2D eigenvalue weighted by Crippen LogP contribution is 1.91. The first kappa shape index (κ1) is 11.9. The van der Waals surface area contributed by atoms with Gasteiger partial charge in [0, 0.05) is 26.7 Å². The fourth-order valence-corrected chi connectivity index (χ4v) is 1.24. The molecule has 0 spiro atoms. The monoisotopic (exact) mass is 204 g/mol. The zero-order valence-corrected chi connectivity index (χ0v) is 8.83. The van der Waals surface area contributed by atoms with Crippen LogP contribution in [0.2, 0.25) is 0 Å². The zero-order valence-electron chi connectivity index (χ0n) is 8.83. The van der Waals surface area contributed by atoms with Crippen LogP contribution in [0.1, 0.15) is 0 Å². The SMILES string of the molecule is COCCOCCNN1CCOCC1. The van der Waals surface area contributed by atoms with Crippen LogP contribution in [0.5, 0.6) is 0 Å². The zero-order chi connectivity index (χ0) is 10.1. The molecule has 0 atom stereocenters. The molecule has 1 aliphatic rings. The minimum Gasteiger partial charge on any atom is -0.382 e. The molecule has 1 fully saturated rings. The Bertz CT molecular complexity index is 129. The maximum atomic E-state index is 5.32. The molecule has 5 heteroatoms. The van der Waals surface area contributed by atoms with Crippen LogP contribution in [0.4, 0.5) is 0 Å². The third-order valence-electron chi connectivity index (χ3n) is 2.02. The van der Waals surface area contributed by atoms with Crippen molar-refractivity contribution in [2.24, 2.45) is 0 Å². The Morgan fingerprint density at radius 1 is 1.21 bits per heavy atom. The molecule has 0 unspecified atom stereocenters. The van der Waals surface area contributed by atoms with E-state index in [9.17, 15) is 0 Å². The smallest absolute Gasteiger partial charge is 0.0700 e. The van der Waals surface area contributed by atoms with Crippen molar-refractivity contribution in [1.29, 1.82) is 0 Å². The highest BCUT2D eigenvalue weighted by atomic mass is 16.5. The second-order valence-electron chi connectivity index (χ2n) is 3.11. The van der Waals surface area contributed by atoms with Crippen LogP contribution in [0.15, 0.2) is 0 Å². The summed E-state index contributed by atoms with van der Waals surface area (Å²) < 4.78 is 15.4. The van der Waals surface area contributed by atoms with Crippen molar-refractivity contribution >= 4 is 0 Å². The van der Waals surface area contributed by atoms with Gasteiger partial charge in [-0.2, -0.15) is 0 Å². The van der Waals surface area contributed by atoms with Crippen molar-refractivity contribution in [2.45, 2.75) is 0 Å². The average Bonchev–Trinajstić information content (AvgIpc) is 2.25. The Hall–Kier alpha value is -0.200. The molecule has 0 saturated carbocycles. The summed E-state index contributed by atoms with van der Waals surface area (Å²) in [5.74, 6) is 0. The molecule has 0 amide bonds. The van der Waals surface area contributed by atoms with Crippen LogP contribution in [-0.4, -0.2) is 64.8 Å². The summed E-state index contributed by atoms with van der Waals surface area (Å²) in [6.45, 7) is 6.45. The first-order valence-corrected chi connectivity index (χ1v) is 5.06. The lowest BCUT2D eigenvalue weighted by Gasteiger charge is -2.27. The molecule has 84 valence electrons. The van der Waals surface area contributed by atoms with Crippen molar-refractivity contribution in [1.82, 2.24) is 10.4 Å². The number of ether oxygens (including phenoxy) is 3. The topological polar surface area (TPSA) is 43.0 Å². The summed E-state index contributed by atoms with van der Waals surface area (Å²) in [6, 6.07) is 0. The fourth-order valence-electron chi connectivity index (χ4n) is 1.24. The summed E-state index contributed by atoms with van der Waals surface area (Å²) in [5, 5.41) is 2.17. The maximum absolute atomic E-state index is 5.32. The highest BCUT2D eigenvalue weighted by molar-refractivity contribution is 4.56. The van der Waals surface area contributed by atoms with E-state index >= 15 is 0 Å². The van der Waals surface area contributed by atoms with Crippen LogP contribution in [-0.2, 0) is 14.2 Å². The van der Waals surface area contributed by atoms with Crippen molar-refractivity contribution < 1.29 is 14.2 Å². The van der Waals surface area contributed by atoms with E-state index in [4.69, 9.17) is 14.2 Å². The molecule has 0 radical (unpaired) electrons. The van der Waals surface area contributed by atoms with Gasteiger partial charge in [-0.3, -0.25) is 5.43 Å². The molecule has 1 saturated heterocycles.